The van der Waals surface area contributed by atoms with Crippen LogP contribution in [0.1, 0.15) is 29.8 Å². The normalized spacial score (nSPS) is 20.0. The second kappa shape index (κ2) is 6.49. The number of carbonyl (C=O) groups excluding carboxylic acids is 2. The standard InChI is InChI=1S/C13H19N3O5S/c1-15-9-4-3-7-11(12(15)17)16(2)22(19,20)21-13(18)10-6-5-8-14-10/h5-6,8,11,14H,3-4,7,9H2,1-2H3. The fraction of sp³-hybridized carbons (Fsp3) is 0.538. The Bertz CT molecular complexity index is 641. The van der Waals surface area contributed by atoms with Gasteiger partial charge in [0.25, 0.3) is 0 Å². The summed E-state index contributed by atoms with van der Waals surface area (Å²) in [5.74, 6) is -1.30. The topological polar surface area (TPSA) is 99.8 Å². The van der Waals surface area contributed by atoms with E-state index in [4.69, 9.17) is 0 Å². The summed E-state index contributed by atoms with van der Waals surface area (Å²) in [4.78, 5) is 28.1. The second-order valence-electron chi connectivity index (χ2n) is 5.20. The number of likely N-dealkylation sites (N-methyl/N-ethyl adjacent to an activating group) is 2. The van der Waals surface area contributed by atoms with Gasteiger partial charge in [-0.3, -0.25) is 4.79 Å². The summed E-state index contributed by atoms with van der Waals surface area (Å²) in [5, 5.41) is 0. The van der Waals surface area contributed by atoms with Gasteiger partial charge in [-0.15, -0.1) is 0 Å². The molecule has 0 spiro atoms. The molecule has 1 aliphatic heterocycles. The molecule has 1 atom stereocenters. The zero-order valence-corrected chi connectivity index (χ0v) is 13.3. The second-order valence-corrected chi connectivity index (χ2v) is 6.80. The van der Waals surface area contributed by atoms with Crippen LogP contribution in [0, 0.1) is 0 Å². The first-order valence-corrected chi connectivity index (χ1v) is 8.29. The number of nitrogens with one attached hydrogen (secondary N) is 1. The quantitative estimate of drug-likeness (QED) is 0.859. The van der Waals surface area contributed by atoms with E-state index in [2.05, 4.69) is 9.17 Å². The monoisotopic (exact) mass is 329 g/mol. The summed E-state index contributed by atoms with van der Waals surface area (Å²) >= 11 is 0. The molecule has 22 heavy (non-hydrogen) atoms. The Morgan fingerprint density at radius 2 is 2.18 bits per heavy atom. The number of nitrogens with zero attached hydrogens (tertiary/aromatic N) is 2. The summed E-state index contributed by atoms with van der Waals surface area (Å²) in [6.45, 7) is 0.589. The molecule has 0 aliphatic carbocycles. The number of aromatic nitrogens is 1. The molecule has 1 saturated heterocycles. The number of hydrogen-bond donors (Lipinski definition) is 1. The van der Waals surface area contributed by atoms with Crippen molar-refractivity contribution in [1.29, 1.82) is 0 Å². The van der Waals surface area contributed by atoms with Crippen LogP contribution in [0.4, 0.5) is 0 Å². The maximum atomic E-state index is 12.2. The minimum absolute atomic E-state index is 0.0290. The van der Waals surface area contributed by atoms with Crippen molar-refractivity contribution in [2.45, 2.75) is 25.3 Å². The Morgan fingerprint density at radius 3 is 2.82 bits per heavy atom. The fourth-order valence-electron chi connectivity index (χ4n) is 2.32. The third-order valence-corrected chi connectivity index (χ3v) is 4.99. The molecule has 1 aliphatic rings. The lowest BCUT2D eigenvalue weighted by Crippen LogP contribution is -2.47. The van der Waals surface area contributed by atoms with Crippen molar-refractivity contribution < 1.29 is 22.2 Å². The Balaban J connectivity index is 2.14. The minimum Gasteiger partial charge on any atom is -0.356 e. The van der Waals surface area contributed by atoms with Crippen molar-refractivity contribution in [2.75, 3.05) is 20.6 Å². The maximum Gasteiger partial charge on any atom is 0.388 e. The third-order valence-electron chi connectivity index (χ3n) is 3.67. The lowest BCUT2D eigenvalue weighted by molar-refractivity contribution is -0.133. The van der Waals surface area contributed by atoms with E-state index >= 15 is 0 Å². The molecule has 1 fully saturated rings. The first kappa shape index (κ1) is 16.5. The fourth-order valence-corrected chi connectivity index (χ4v) is 3.23. The average molecular weight is 329 g/mol. The highest BCUT2D eigenvalue weighted by atomic mass is 32.2. The van der Waals surface area contributed by atoms with E-state index in [0.29, 0.717) is 13.0 Å². The van der Waals surface area contributed by atoms with Gasteiger partial charge >= 0.3 is 16.3 Å². The van der Waals surface area contributed by atoms with Crippen LogP contribution in [0.5, 0.6) is 0 Å². The van der Waals surface area contributed by atoms with Gasteiger partial charge in [-0.25, -0.2) is 4.79 Å². The molecular formula is C13H19N3O5S. The lowest BCUT2D eigenvalue weighted by atomic mass is 10.1. The van der Waals surface area contributed by atoms with Crippen LogP contribution in [-0.2, 0) is 19.3 Å². The molecule has 9 heteroatoms. The van der Waals surface area contributed by atoms with Crippen LogP contribution >= 0.6 is 0 Å². The number of amides is 1. The first-order valence-electron chi connectivity index (χ1n) is 6.93. The number of rotatable bonds is 4. The molecule has 1 aromatic heterocycles. The zero-order chi connectivity index (χ0) is 16.3. The first-order chi connectivity index (χ1) is 10.3. The van der Waals surface area contributed by atoms with Gasteiger partial charge in [0.05, 0.1) is 0 Å². The van der Waals surface area contributed by atoms with Crippen molar-refractivity contribution in [3.05, 3.63) is 24.0 Å². The molecule has 0 aromatic carbocycles. The van der Waals surface area contributed by atoms with Gasteiger partial charge in [-0.05, 0) is 31.4 Å². The van der Waals surface area contributed by atoms with Crippen LogP contribution < -0.4 is 0 Å². The predicted octanol–water partition coefficient (Wildman–Crippen LogP) is 0.359. The van der Waals surface area contributed by atoms with Gasteiger partial charge in [0.2, 0.25) is 5.91 Å². The number of aromatic amines is 1. The third kappa shape index (κ3) is 3.47. The van der Waals surface area contributed by atoms with Gasteiger partial charge in [0.15, 0.2) is 0 Å². The van der Waals surface area contributed by atoms with Gasteiger partial charge < -0.3 is 14.1 Å². The molecule has 0 radical (unpaired) electrons. The summed E-state index contributed by atoms with van der Waals surface area (Å²) in [6.07, 6.45) is 3.43. The van der Waals surface area contributed by atoms with E-state index in [1.807, 2.05) is 0 Å². The Hall–Kier alpha value is -1.87. The highest BCUT2D eigenvalue weighted by Crippen LogP contribution is 2.19. The Labute approximate surface area is 129 Å². The van der Waals surface area contributed by atoms with Crippen molar-refractivity contribution >= 4 is 22.2 Å². The van der Waals surface area contributed by atoms with Gasteiger partial charge in [0, 0.05) is 26.8 Å². The number of H-pyrrole nitrogens is 1. The van der Waals surface area contributed by atoms with Gasteiger partial charge in [0.1, 0.15) is 11.7 Å². The van der Waals surface area contributed by atoms with E-state index in [-0.39, 0.29) is 11.6 Å². The van der Waals surface area contributed by atoms with Crippen LogP contribution in [0.3, 0.4) is 0 Å². The van der Waals surface area contributed by atoms with Crippen molar-refractivity contribution in [2.24, 2.45) is 0 Å². The summed E-state index contributed by atoms with van der Waals surface area (Å²) < 4.78 is 29.8. The summed E-state index contributed by atoms with van der Waals surface area (Å²) in [5.41, 5.74) is 0.0290. The predicted molar refractivity (Wildman–Crippen MR) is 78.2 cm³/mol. The maximum absolute atomic E-state index is 12.2. The van der Waals surface area contributed by atoms with E-state index < -0.39 is 22.3 Å². The molecule has 1 aromatic rings. The lowest BCUT2D eigenvalue weighted by Gasteiger charge is -2.26. The Kier molecular flexibility index (Phi) is 4.87. The van der Waals surface area contributed by atoms with Crippen molar-refractivity contribution in [3.8, 4) is 0 Å². The smallest absolute Gasteiger partial charge is 0.356 e. The van der Waals surface area contributed by atoms with E-state index in [1.54, 1.807) is 13.1 Å². The molecule has 0 bridgehead atoms. The molecular weight excluding hydrogens is 310 g/mol. The Morgan fingerprint density at radius 1 is 1.45 bits per heavy atom. The molecule has 1 N–H and O–H groups in total. The number of carbonyl (C=O) groups is 2. The van der Waals surface area contributed by atoms with Crippen LogP contribution in [0.25, 0.3) is 0 Å². The highest BCUT2D eigenvalue weighted by molar-refractivity contribution is 7.84. The molecule has 1 amide bonds. The van der Waals surface area contributed by atoms with Crippen molar-refractivity contribution in [3.63, 3.8) is 0 Å². The van der Waals surface area contributed by atoms with E-state index in [1.165, 1.54) is 24.2 Å². The SMILES string of the molecule is CN1CCCCC(N(C)S(=O)(=O)OC(=O)c2ccc[nH]2)C1=O. The highest BCUT2D eigenvalue weighted by Gasteiger charge is 2.36. The molecule has 2 rings (SSSR count). The zero-order valence-electron chi connectivity index (χ0n) is 12.5. The van der Waals surface area contributed by atoms with Gasteiger partial charge in [-0.1, -0.05) is 0 Å². The molecule has 2 heterocycles. The number of likely N-dealkylation sites (tertiary alicyclic amines) is 1. The molecule has 122 valence electrons. The van der Waals surface area contributed by atoms with Crippen LogP contribution in [0.15, 0.2) is 18.3 Å². The molecule has 8 nitrogen and oxygen atoms in total. The van der Waals surface area contributed by atoms with Crippen molar-refractivity contribution in [1.82, 2.24) is 14.2 Å². The van der Waals surface area contributed by atoms with Crippen LogP contribution in [0.2, 0.25) is 0 Å². The number of hydrogen-bond acceptors (Lipinski definition) is 5. The van der Waals surface area contributed by atoms with Crippen LogP contribution in [-0.4, -0.2) is 61.2 Å². The summed E-state index contributed by atoms with van der Waals surface area (Å²) in [7, 11) is -1.46. The minimum atomic E-state index is -4.34. The molecule has 1 unspecified atom stereocenters. The summed E-state index contributed by atoms with van der Waals surface area (Å²) in [6, 6.07) is 2.10. The van der Waals surface area contributed by atoms with E-state index in [9.17, 15) is 18.0 Å². The molecule has 0 saturated carbocycles. The largest absolute Gasteiger partial charge is 0.388 e. The average Bonchev–Trinajstić information content (AvgIpc) is 2.94. The van der Waals surface area contributed by atoms with Gasteiger partial charge in [-0.2, -0.15) is 12.7 Å². The van der Waals surface area contributed by atoms with E-state index in [0.717, 1.165) is 17.1 Å².